The Hall–Kier alpha value is -3.02. The number of carbonyl (C=O) groups excluding carboxylic acids is 1. The molecular weight excluding hydrogens is 362 g/mol. The number of likely N-dealkylation sites (tertiary alicyclic amines) is 1. The fraction of sp³-hybridized carbons (Fsp3) is 0.391. The monoisotopic (exact) mass is 387 g/mol. The maximum Gasteiger partial charge on any atom is 0.256 e. The number of fused-ring (bicyclic) bond motifs is 3. The van der Waals surface area contributed by atoms with Gasteiger partial charge in [0.2, 0.25) is 5.95 Å². The van der Waals surface area contributed by atoms with Gasteiger partial charge in [0.25, 0.3) is 5.91 Å². The highest BCUT2D eigenvalue weighted by atomic mass is 16.2. The zero-order valence-corrected chi connectivity index (χ0v) is 16.9. The topological polar surface area (TPSA) is 62.2 Å². The number of anilines is 1. The van der Waals surface area contributed by atoms with Gasteiger partial charge in [0, 0.05) is 50.4 Å². The Bertz CT molecular complexity index is 1090. The Morgan fingerprint density at radius 2 is 2.00 bits per heavy atom. The van der Waals surface area contributed by atoms with E-state index in [2.05, 4.69) is 9.97 Å². The van der Waals surface area contributed by atoms with Crippen molar-refractivity contribution in [2.45, 2.75) is 31.1 Å². The molecule has 1 saturated heterocycles. The van der Waals surface area contributed by atoms with E-state index in [4.69, 9.17) is 4.98 Å². The summed E-state index contributed by atoms with van der Waals surface area (Å²) in [4.78, 5) is 31.3. The van der Waals surface area contributed by atoms with Crippen LogP contribution < -0.4 is 4.90 Å². The Morgan fingerprint density at radius 1 is 1.14 bits per heavy atom. The molecule has 2 aliphatic rings. The lowest BCUT2D eigenvalue weighted by Gasteiger charge is -2.40. The summed E-state index contributed by atoms with van der Waals surface area (Å²) in [6.45, 7) is 1.50. The maximum atomic E-state index is 13.5. The predicted octanol–water partition coefficient (Wildman–Crippen LogP) is 3.21. The van der Waals surface area contributed by atoms with Gasteiger partial charge in [-0.3, -0.25) is 9.78 Å². The molecule has 0 saturated carbocycles. The third-order valence-electron chi connectivity index (χ3n) is 6.35. The molecule has 3 aromatic rings. The number of pyridine rings is 1. The van der Waals surface area contributed by atoms with Crippen LogP contribution in [-0.4, -0.2) is 52.9 Å². The first-order valence-electron chi connectivity index (χ1n) is 10.2. The van der Waals surface area contributed by atoms with Crippen LogP contribution in [0.1, 0.15) is 40.9 Å². The second-order valence-corrected chi connectivity index (χ2v) is 8.43. The number of carbonyl (C=O) groups is 1. The molecule has 1 fully saturated rings. The highest BCUT2D eigenvalue weighted by Gasteiger charge is 2.45. The number of benzene rings is 1. The molecule has 3 heterocycles. The molecule has 1 spiro atoms. The Balaban J connectivity index is 1.49. The van der Waals surface area contributed by atoms with Gasteiger partial charge in [-0.1, -0.05) is 18.2 Å². The van der Waals surface area contributed by atoms with Crippen LogP contribution in [0, 0.1) is 0 Å². The number of nitrogens with zero attached hydrogens (tertiary/aromatic N) is 5. The average molecular weight is 387 g/mol. The normalized spacial score (nSPS) is 20.8. The molecule has 6 heteroatoms. The zero-order chi connectivity index (χ0) is 20.0. The van der Waals surface area contributed by atoms with E-state index >= 15 is 0 Å². The third kappa shape index (κ3) is 2.94. The van der Waals surface area contributed by atoms with Crippen LogP contribution in [-0.2, 0) is 11.8 Å². The molecule has 1 unspecified atom stereocenters. The lowest BCUT2D eigenvalue weighted by molar-refractivity contribution is 0.0635. The summed E-state index contributed by atoms with van der Waals surface area (Å²) in [6.07, 6.45) is 7.81. The average Bonchev–Trinajstić information content (AvgIpc) is 3.10. The van der Waals surface area contributed by atoms with E-state index in [0.29, 0.717) is 12.1 Å². The number of piperidine rings is 1. The van der Waals surface area contributed by atoms with Crippen molar-refractivity contribution in [3.8, 4) is 0 Å². The number of aromatic nitrogens is 3. The van der Waals surface area contributed by atoms with E-state index in [1.165, 1.54) is 5.56 Å². The third-order valence-corrected chi connectivity index (χ3v) is 6.35. The summed E-state index contributed by atoms with van der Waals surface area (Å²) in [5.41, 5.74) is 3.79. The number of hydrogen-bond donors (Lipinski definition) is 0. The van der Waals surface area contributed by atoms with Gasteiger partial charge in [-0.2, -0.15) is 0 Å². The van der Waals surface area contributed by atoms with Crippen molar-refractivity contribution in [3.63, 3.8) is 0 Å². The minimum Gasteiger partial charge on any atom is -0.347 e. The van der Waals surface area contributed by atoms with Gasteiger partial charge in [-0.05, 0) is 43.4 Å². The standard InChI is InChI=1S/C23H25N5O/c1-27(2)22-25-14-17-9-11-23(20(17)26-22)10-5-13-28(15-23)21(29)18-8-3-6-16-7-4-12-24-19(16)18/h3-4,6-8,12,14H,5,9-11,13,15H2,1-2H3. The molecule has 1 atom stereocenters. The molecule has 0 bridgehead atoms. The first kappa shape index (κ1) is 18.0. The number of rotatable bonds is 2. The summed E-state index contributed by atoms with van der Waals surface area (Å²) in [7, 11) is 3.93. The van der Waals surface area contributed by atoms with Gasteiger partial charge in [0.05, 0.1) is 16.8 Å². The smallest absolute Gasteiger partial charge is 0.256 e. The molecule has 1 amide bonds. The molecule has 148 valence electrons. The Labute approximate surface area is 170 Å². The molecule has 29 heavy (non-hydrogen) atoms. The SMILES string of the molecule is CN(C)c1ncc2c(n1)C1(CCCN(C(=O)c3cccc4cccnc34)C1)CC2. The van der Waals surface area contributed by atoms with E-state index in [1.54, 1.807) is 6.20 Å². The van der Waals surface area contributed by atoms with E-state index in [1.807, 2.05) is 60.4 Å². The van der Waals surface area contributed by atoms with Gasteiger partial charge in [0.15, 0.2) is 0 Å². The molecule has 1 aliphatic carbocycles. The van der Waals surface area contributed by atoms with E-state index < -0.39 is 0 Å². The van der Waals surface area contributed by atoms with Crippen molar-refractivity contribution < 1.29 is 4.79 Å². The van der Waals surface area contributed by atoms with Crippen molar-refractivity contribution in [1.29, 1.82) is 0 Å². The highest BCUT2D eigenvalue weighted by Crippen LogP contribution is 2.44. The minimum absolute atomic E-state index is 0.0606. The van der Waals surface area contributed by atoms with Gasteiger partial charge < -0.3 is 9.80 Å². The Morgan fingerprint density at radius 3 is 2.86 bits per heavy atom. The van der Waals surface area contributed by atoms with Crippen molar-refractivity contribution in [1.82, 2.24) is 19.9 Å². The minimum atomic E-state index is -0.0606. The number of amides is 1. The van der Waals surface area contributed by atoms with Crippen LogP contribution in [0.25, 0.3) is 10.9 Å². The van der Waals surface area contributed by atoms with Gasteiger partial charge >= 0.3 is 0 Å². The van der Waals surface area contributed by atoms with Gasteiger partial charge in [-0.15, -0.1) is 0 Å². The first-order valence-corrected chi connectivity index (χ1v) is 10.2. The molecule has 1 aromatic carbocycles. The quantitative estimate of drug-likeness (QED) is 0.676. The van der Waals surface area contributed by atoms with Crippen LogP contribution in [0.15, 0.2) is 42.7 Å². The first-order chi connectivity index (χ1) is 14.1. The summed E-state index contributed by atoms with van der Waals surface area (Å²) in [5.74, 6) is 0.815. The van der Waals surface area contributed by atoms with Crippen LogP contribution in [0.5, 0.6) is 0 Å². The van der Waals surface area contributed by atoms with Crippen molar-refractivity contribution >= 4 is 22.8 Å². The van der Waals surface area contributed by atoms with Crippen molar-refractivity contribution in [3.05, 3.63) is 59.5 Å². The molecule has 5 rings (SSSR count). The summed E-state index contributed by atoms with van der Waals surface area (Å²) in [5, 5.41) is 1.000. The molecule has 0 N–H and O–H groups in total. The molecule has 2 aromatic heterocycles. The molecule has 6 nitrogen and oxygen atoms in total. The van der Waals surface area contributed by atoms with Crippen molar-refractivity contribution in [2.24, 2.45) is 0 Å². The second kappa shape index (κ2) is 6.79. The van der Waals surface area contributed by atoms with Crippen molar-refractivity contribution in [2.75, 3.05) is 32.1 Å². The number of hydrogen-bond acceptors (Lipinski definition) is 5. The lowest BCUT2D eigenvalue weighted by atomic mass is 9.77. The second-order valence-electron chi connectivity index (χ2n) is 8.43. The zero-order valence-electron chi connectivity index (χ0n) is 16.9. The molecule has 1 aliphatic heterocycles. The lowest BCUT2D eigenvalue weighted by Crippen LogP contribution is -2.48. The van der Waals surface area contributed by atoms with E-state index in [-0.39, 0.29) is 11.3 Å². The van der Waals surface area contributed by atoms with E-state index in [9.17, 15) is 4.79 Å². The van der Waals surface area contributed by atoms with Crippen LogP contribution in [0.4, 0.5) is 5.95 Å². The van der Waals surface area contributed by atoms with E-state index in [0.717, 1.165) is 54.8 Å². The van der Waals surface area contributed by atoms with Gasteiger partial charge in [-0.25, -0.2) is 9.97 Å². The number of aryl methyl sites for hydroxylation is 1. The van der Waals surface area contributed by atoms with Crippen LogP contribution in [0.2, 0.25) is 0 Å². The summed E-state index contributed by atoms with van der Waals surface area (Å²) < 4.78 is 0. The Kier molecular flexibility index (Phi) is 4.23. The fourth-order valence-electron chi connectivity index (χ4n) is 4.90. The summed E-state index contributed by atoms with van der Waals surface area (Å²) >= 11 is 0. The summed E-state index contributed by atoms with van der Waals surface area (Å²) in [6, 6.07) is 9.75. The van der Waals surface area contributed by atoms with Crippen LogP contribution >= 0.6 is 0 Å². The molecular formula is C23H25N5O. The number of para-hydroxylation sites is 1. The fourth-order valence-corrected chi connectivity index (χ4v) is 4.90. The largest absolute Gasteiger partial charge is 0.347 e. The molecule has 0 radical (unpaired) electrons. The van der Waals surface area contributed by atoms with Crippen LogP contribution in [0.3, 0.4) is 0 Å². The predicted molar refractivity (Wildman–Crippen MR) is 113 cm³/mol. The van der Waals surface area contributed by atoms with Gasteiger partial charge in [0.1, 0.15) is 0 Å². The highest BCUT2D eigenvalue weighted by molar-refractivity contribution is 6.05. The maximum absolute atomic E-state index is 13.5.